The third-order valence-corrected chi connectivity index (χ3v) is 5.05. The van der Waals surface area contributed by atoms with E-state index >= 15 is 0 Å². The van der Waals surface area contributed by atoms with Crippen LogP contribution in [0.4, 0.5) is 5.69 Å². The van der Waals surface area contributed by atoms with E-state index in [1.54, 1.807) is 31.2 Å². The average Bonchev–Trinajstić information content (AvgIpc) is 2.90. The Bertz CT molecular complexity index is 693. The minimum Gasteiger partial charge on any atom is -0.466 e. The van der Waals surface area contributed by atoms with Crippen LogP contribution in [0.1, 0.15) is 26.2 Å². The number of carbonyl (C=O) groups excluding carboxylic acids is 3. The number of nitrogens with zero attached hydrogens (tertiary/aromatic N) is 2. The summed E-state index contributed by atoms with van der Waals surface area (Å²) >= 11 is 6.15. The molecule has 2 unspecified atom stereocenters. The van der Waals surface area contributed by atoms with E-state index in [9.17, 15) is 14.4 Å². The maximum Gasteiger partial charge on any atom is 0.310 e. The molecule has 2 fully saturated rings. The van der Waals surface area contributed by atoms with Gasteiger partial charge in [-0.15, -0.1) is 0 Å². The SMILES string of the molecule is CCOC(=O)C1CCCN(C2CC(=O)N(c3ccccc3Cl)C2=O)C1. The summed E-state index contributed by atoms with van der Waals surface area (Å²) < 4.78 is 5.10. The fraction of sp³-hybridized carbons (Fsp3) is 0.500. The van der Waals surface area contributed by atoms with Crippen molar-refractivity contribution < 1.29 is 19.1 Å². The first-order valence-electron chi connectivity index (χ1n) is 8.55. The average molecular weight is 365 g/mol. The normalized spacial score (nSPS) is 24.6. The minimum atomic E-state index is -0.541. The third kappa shape index (κ3) is 3.55. The highest BCUT2D eigenvalue weighted by molar-refractivity contribution is 6.36. The van der Waals surface area contributed by atoms with Crippen molar-refractivity contribution in [3.05, 3.63) is 29.3 Å². The van der Waals surface area contributed by atoms with Gasteiger partial charge in [-0.25, -0.2) is 4.90 Å². The number of benzene rings is 1. The van der Waals surface area contributed by atoms with Gasteiger partial charge in [0.05, 0.1) is 35.7 Å². The van der Waals surface area contributed by atoms with Crippen molar-refractivity contribution in [2.75, 3.05) is 24.6 Å². The minimum absolute atomic E-state index is 0.111. The van der Waals surface area contributed by atoms with E-state index in [4.69, 9.17) is 16.3 Å². The molecule has 0 saturated carbocycles. The highest BCUT2D eigenvalue weighted by Crippen LogP contribution is 2.32. The van der Waals surface area contributed by atoms with E-state index in [0.717, 1.165) is 12.8 Å². The lowest BCUT2D eigenvalue weighted by atomic mass is 9.96. The lowest BCUT2D eigenvalue weighted by Gasteiger charge is -2.34. The smallest absolute Gasteiger partial charge is 0.310 e. The molecule has 0 radical (unpaired) electrons. The fourth-order valence-electron chi connectivity index (χ4n) is 3.53. The number of halogens is 1. The number of ether oxygens (including phenoxy) is 1. The quantitative estimate of drug-likeness (QED) is 0.605. The van der Waals surface area contributed by atoms with Gasteiger partial charge in [0.2, 0.25) is 5.91 Å². The van der Waals surface area contributed by atoms with Crippen molar-refractivity contribution in [1.82, 2.24) is 4.90 Å². The lowest BCUT2D eigenvalue weighted by Crippen LogP contribution is -2.48. The summed E-state index contributed by atoms with van der Waals surface area (Å²) in [5, 5.41) is 0.368. The van der Waals surface area contributed by atoms with Gasteiger partial charge in [-0.05, 0) is 38.4 Å². The number of para-hydroxylation sites is 1. The molecule has 3 rings (SSSR count). The van der Waals surface area contributed by atoms with Crippen molar-refractivity contribution in [3.63, 3.8) is 0 Å². The van der Waals surface area contributed by atoms with E-state index in [-0.39, 0.29) is 30.1 Å². The van der Waals surface area contributed by atoms with Crippen LogP contribution in [0, 0.1) is 5.92 Å². The number of carbonyl (C=O) groups is 3. The zero-order chi connectivity index (χ0) is 18.0. The molecular formula is C18H21ClN2O4. The van der Waals surface area contributed by atoms with E-state index in [0.29, 0.717) is 30.4 Å². The van der Waals surface area contributed by atoms with Crippen molar-refractivity contribution >= 4 is 35.1 Å². The van der Waals surface area contributed by atoms with Crippen LogP contribution in [0.15, 0.2) is 24.3 Å². The molecule has 2 heterocycles. The first-order chi connectivity index (χ1) is 12.0. The van der Waals surface area contributed by atoms with Crippen molar-refractivity contribution in [1.29, 1.82) is 0 Å². The zero-order valence-electron chi connectivity index (χ0n) is 14.1. The van der Waals surface area contributed by atoms with Crippen molar-refractivity contribution in [2.24, 2.45) is 5.92 Å². The first-order valence-corrected chi connectivity index (χ1v) is 8.92. The molecule has 0 aliphatic carbocycles. The van der Waals surface area contributed by atoms with Crippen LogP contribution in [0.2, 0.25) is 5.02 Å². The molecule has 0 bridgehead atoms. The fourth-order valence-corrected chi connectivity index (χ4v) is 3.75. The van der Waals surface area contributed by atoms with Gasteiger partial charge in [0.25, 0.3) is 5.91 Å². The van der Waals surface area contributed by atoms with E-state index in [1.807, 2.05) is 4.90 Å². The second-order valence-corrected chi connectivity index (χ2v) is 6.73. The Hall–Kier alpha value is -1.92. The summed E-state index contributed by atoms with van der Waals surface area (Å²) in [6.07, 6.45) is 1.66. The molecule has 25 heavy (non-hydrogen) atoms. The number of anilines is 1. The van der Waals surface area contributed by atoms with Crippen molar-refractivity contribution in [2.45, 2.75) is 32.2 Å². The summed E-state index contributed by atoms with van der Waals surface area (Å²) in [6.45, 7) is 3.25. The number of likely N-dealkylation sites (tertiary alicyclic amines) is 1. The molecule has 2 saturated heterocycles. The molecule has 0 spiro atoms. The molecule has 2 atom stereocenters. The first kappa shape index (κ1) is 17.9. The molecule has 7 heteroatoms. The van der Waals surface area contributed by atoms with Crippen LogP contribution < -0.4 is 4.90 Å². The largest absolute Gasteiger partial charge is 0.466 e. The molecule has 0 aromatic heterocycles. The Balaban J connectivity index is 1.76. The summed E-state index contributed by atoms with van der Waals surface area (Å²) in [6, 6.07) is 6.28. The molecular weight excluding hydrogens is 344 g/mol. The van der Waals surface area contributed by atoms with Crippen LogP contribution in [-0.4, -0.2) is 48.4 Å². The zero-order valence-corrected chi connectivity index (χ0v) is 14.9. The predicted molar refractivity (Wildman–Crippen MR) is 93.3 cm³/mol. The predicted octanol–water partition coefficient (Wildman–Crippen LogP) is 2.25. The molecule has 1 aromatic carbocycles. The van der Waals surface area contributed by atoms with Crippen LogP contribution >= 0.6 is 11.6 Å². The van der Waals surface area contributed by atoms with Gasteiger partial charge in [0.15, 0.2) is 0 Å². The highest BCUT2D eigenvalue weighted by Gasteiger charge is 2.45. The molecule has 2 aliphatic rings. The third-order valence-electron chi connectivity index (χ3n) is 4.73. The molecule has 134 valence electrons. The standard InChI is InChI=1S/C18H21ClN2O4/c1-2-25-18(24)12-6-5-9-20(11-12)15-10-16(22)21(17(15)23)14-8-4-3-7-13(14)19/h3-4,7-8,12,15H,2,5-6,9-11H2,1H3. The maximum atomic E-state index is 12.9. The topological polar surface area (TPSA) is 66.9 Å². The Morgan fingerprint density at radius 1 is 1.32 bits per heavy atom. The van der Waals surface area contributed by atoms with Gasteiger partial charge in [-0.3, -0.25) is 19.3 Å². The number of hydrogen-bond donors (Lipinski definition) is 0. The van der Waals surface area contributed by atoms with Gasteiger partial charge in [-0.2, -0.15) is 0 Å². The Morgan fingerprint density at radius 3 is 2.80 bits per heavy atom. The van der Waals surface area contributed by atoms with E-state index in [1.165, 1.54) is 4.90 Å². The summed E-state index contributed by atoms with van der Waals surface area (Å²) in [7, 11) is 0. The maximum absolute atomic E-state index is 12.9. The Labute approximate surface area is 151 Å². The van der Waals surface area contributed by atoms with Gasteiger partial charge in [-0.1, -0.05) is 23.7 Å². The Morgan fingerprint density at radius 2 is 2.08 bits per heavy atom. The van der Waals surface area contributed by atoms with Crippen LogP contribution in [0.3, 0.4) is 0 Å². The molecule has 1 aromatic rings. The van der Waals surface area contributed by atoms with Gasteiger partial charge in [0.1, 0.15) is 0 Å². The number of rotatable bonds is 4. The van der Waals surface area contributed by atoms with E-state index in [2.05, 4.69) is 0 Å². The number of esters is 1. The lowest BCUT2D eigenvalue weighted by molar-refractivity contribution is -0.150. The molecule has 0 N–H and O–H groups in total. The number of hydrogen-bond acceptors (Lipinski definition) is 5. The second kappa shape index (κ2) is 7.54. The summed E-state index contributed by atoms with van der Waals surface area (Å²) in [5.41, 5.74) is 0.417. The monoisotopic (exact) mass is 364 g/mol. The van der Waals surface area contributed by atoms with Crippen LogP contribution in [0.5, 0.6) is 0 Å². The second-order valence-electron chi connectivity index (χ2n) is 6.32. The molecule has 6 nitrogen and oxygen atoms in total. The number of amides is 2. The van der Waals surface area contributed by atoms with Gasteiger partial charge >= 0.3 is 5.97 Å². The van der Waals surface area contributed by atoms with Gasteiger partial charge in [0, 0.05) is 6.54 Å². The van der Waals surface area contributed by atoms with Crippen molar-refractivity contribution in [3.8, 4) is 0 Å². The number of piperidine rings is 1. The summed E-state index contributed by atoms with van der Waals surface area (Å²) in [4.78, 5) is 40.4. The van der Waals surface area contributed by atoms with Crippen LogP contribution in [-0.2, 0) is 19.1 Å². The van der Waals surface area contributed by atoms with Crippen LogP contribution in [0.25, 0.3) is 0 Å². The Kier molecular flexibility index (Phi) is 5.39. The molecule has 2 aliphatic heterocycles. The summed E-state index contributed by atoms with van der Waals surface area (Å²) in [5.74, 6) is -1.01. The number of imide groups is 1. The van der Waals surface area contributed by atoms with E-state index < -0.39 is 6.04 Å². The van der Waals surface area contributed by atoms with Gasteiger partial charge < -0.3 is 4.74 Å². The molecule has 2 amide bonds. The highest BCUT2D eigenvalue weighted by atomic mass is 35.5.